The van der Waals surface area contributed by atoms with Crippen LogP contribution < -0.4 is 10.6 Å². The van der Waals surface area contributed by atoms with Gasteiger partial charge in [-0.15, -0.1) is 24.0 Å². The summed E-state index contributed by atoms with van der Waals surface area (Å²) in [5, 5.41) is 16.0. The van der Waals surface area contributed by atoms with Gasteiger partial charge < -0.3 is 20.6 Å². The van der Waals surface area contributed by atoms with Gasteiger partial charge in [-0.2, -0.15) is 0 Å². The number of phenols is 1. The second-order valence-corrected chi connectivity index (χ2v) is 6.35. The Bertz CT molecular complexity index is 577. The summed E-state index contributed by atoms with van der Waals surface area (Å²) in [6.07, 6.45) is 3.42. The van der Waals surface area contributed by atoms with E-state index in [0.717, 1.165) is 51.4 Å². The van der Waals surface area contributed by atoms with Gasteiger partial charge >= 0.3 is 0 Å². The first-order chi connectivity index (χ1) is 12.1. The fourth-order valence-electron chi connectivity index (χ4n) is 2.98. The van der Waals surface area contributed by atoms with Crippen molar-refractivity contribution in [2.75, 3.05) is 26.2 Å². The Morgan fingerprint density at radius 1 is 1.31 bits per heavy atom. The van der Waals surface area contributed by atoms with Crippen molar-refractivity contribution >= 4 is 35.8 Å². The zero-order valence-electron chi connectivity index (χ0n) is 15.7. The normalized spacial score (nSPS) is 16.9. The molecule has 0 bridgehead atoms. The number of hydrogen-bond donors (Lipinski definition) is 3. The molecule has 0 aliphatic carbocycles. The van der Waals surface area contributed by atoms with E-state index in [0.29, 0.717) is 12.2 Å². The maximum atomic E-state index is 11.8. The van der Waals surface area contributed by atoms with E-state index in [2.05, 4.69) is 22.5 Å². The Labute approximate surface area is 173 Å². The molecular formula is C19H31IN4O2. The first-order valence-electron chi connectivity index (χ1n) is 9.23. The monoisotopic (exact) mass is 474 g/mol. The van der Waals surface area contributed by atoms with Crippen LogP contribution in [0, 0.1) is 0 Å². The maximum absolute atomic E-state index is 11.8. The van der Waals surface area contributed by atoms with Gasteiger partial charge in [0.2, 0.25) is 5.91 Å². The smallest absolute Gasteiger partial charge is 0.222 e. The number of guanidine groups is 1. The number of hydrogen-bond acceptors (Lipinski definition) is 3. The molecule has 2 rings (SSSR count). The molecule has 0 spiro atoms. The molecule has 146 valence electrons. The average Bonchev–Trinajstić information content (AvgIpc) is 3.08. The Kier molecular flexibility index (Phi) is 10.4. The van der Waals surface area contributed by atoms with Gasteiger partial charge in [-0.1, -0.05) is 19.1 Å². The van der Waals surface area contributed by atoms with Crippen LogP contribution in [0.5, 0.6) is 5.75 Å². The van der Waals surface area contributed by atoms with E-state index < -0.39 is 0 Å². The van der Waals surface area contributed by atoms with Crippen molar-refractivity contribution in [1.82, 2.24) is 15.5 Å². The number of halogens is 1. The summed E-state index contributed by atoms with van der Waals surface area (Å²) >= 11 is 0. The van der Waals surface area contributed by atoms with Crippen molar-refractivity contribution in [2.24, 2.45) is 4.99 Å². The van der Waals surface area contributed by atoms with Crippen LogP contribution in [0.1, 0.15) is 38.7 Å². The summed E-state index contributed by atoms with van der Waals surface area (Å²) in [5.41, 5.74) is 1.20. The van der Waals surface area contributed by atoms with Gasteiger partial charge in [0.15, 0.2) is 5.96 Å². The first-order valence-corrected chi connectivity index (χ1v) is 9.23. The quantitative estimate of drug-likeness (QED) is 0.246. The highest BCUT2D eigenvalue weighted by Crippen LogP contribution is 2.12. The number of likely N-dealkylation sites (tertiary alicyclic amines) is 1. The molecule has 1 aliphatic heterocycles. The molecule has 1 aliphatic rings. The third-order valence-electron chi connectivity index (χ3n) is 4.36. The van der Waals surface area contributed by atoms with E-state index in [9.17, 15) is 9.90 Å². The number of aromatic hydroxyl groups is 1. The van der Waals surface area contributed by atoms with E-state index in [1.807, 2.05) is 24.0 Å². The summed E-state index contributed by atoms with van der Waals surface area (Å²) in [7, 11) is 0. The van der Waals surface area contributed by atoms with Crippen LogP contribution >= 0.6 is 24.0 Å². The number of rotatable bonds is 7. The molecule has 1 aromatic carbocycles. The van der Waals surface area contributed by atoms with Crippen LogP contribution in [0.4, 0.5) is 0 Å². The van der Waals surface area contributed by atoms with Crippen molar-refractivity contribution in [1.29, 1.82) is 0 Å². The van der Waals surface area contributed by atoms with Crippen LogP contribution in [0.2, 0.25) is 0 Å². The van der Waals surface area contributed by atoms with Crippen molar-refractivity contribution in [3.63, 3.8) is 0 Å². The molecule has 1 amide bonds. The highest BCUT2D eigenvalue weighted by atomic mass is 127. The van der Waals surface area contributed by atoms with Crippen LogP contribution in [0.25, 0.3) is 0 Å². The number of aliphatic imine (C=N–C) groups is 1. The summed E-state index contributed by atoms with van der Waals surface area (Å²) < 4.78 is 0. The molecule has 1 atom stereocenters. The second kappa shape index (κ2) is 12.0. The Morgan fingerprint density at radius 2 is 2.04 bits per heavy atom. The molecular weight excluding hydrogens is 443 g/mol. The summed E-state index contributed by atoms with van der Waals surface area (Å²) in [6, 6.07) is 7.59. The summed E-state index contributed by atoms with van der Waals surface area (Å²) in [6.45, 7) is 7.09. The molecule has 1 heterocycles. The van der Waals surface area contributed by atoms with Crippen LogP contribution in [0.3, 0.4) is 0 Å². The van der Waals surface area contributed by atoms with E-state index in [-0.39, 0.29) is 35.9 Å². The van der Waals surface area contributed by atoms with Gasteiger partial charge in [-0.3, -0.25) is 9.79 Å². The SMILES string of the molecule is CCNC(=NCCCc1ccc(O)cc1)NC1CCN(C(=O)CC)C1.I. The van der Waals surface area contributed by atoms with Crippen molar-refractivity contribution in [3.05, 3.63) is 29.8 Å². The number of nitrogens with zero attached hydrogens (tertiary/aromatic N) is 2. The third kappa shape index (κ3) is 7.39. The number of carbonyl (C=O) groups excluding carboxylic acids is 1. The fourth-order valence-corrected chi connectivity index (χ4v) is 2.98. The van der Waals surface area contributed by atoms with Gasteiger partial charge in [0.25, 0.3) is 0 Å². The predicted octanol–water partition coefficient (Wildman–Crippen LogP) is 2.51. The molecule has 0 aromatic heterocycles. The lowest BCUT2D eigenvalue weighted by molar-refractivity contribution is -0.129. The molecule has 1 saturated heterocycles. The van der Waals surface area contributed by atoms with E-state index in [1.54, 1.807) is 12.1 Å². The second-order valence-electron chi connectivity index (χ2n) is 6.35. The van der Waals surface area contributed by atoms with Crippen molar-refractivity contribution < 1.29 is 9.90 Å². The molecule has 7 heteroatoms. The minimum Gasteiger partial charge on any atom is -0.508 e. The standard InChI is InChI=1S/C19H30N4O2.HI/c1-3-18(25)23-13-11-16(14-23)22-19(20-4-2)21-12-5-6-15-7-9-17(24)10-8-15;/h7-10,16,24H,3-6,11-14H2,1-2H3,(H2,20,21,22);1H. The molecule has 0 saturated carbocycles. The van der Waals surface area contributed by atoms with E-state index in [1.165, 1.54) is 5.56 Å². The Morgan fingerprint density at radius 3 is 2.69 bits per heavy atom. The van der Waals surface area contributed by atoms with Crippen LogP contribution in [0.15, 0.2) is 29.3 Å². The number of carbonyl (C=O) groups is 1. The van der Waals surface area contributed by atoms with E-state index in [4.69, 9.17) is 0 Å². The average molecular weight is 474 g/mol. The molecule has 1 aromatic rings. The molecule has 0 radical (unpaired) electrons. The topological polar surface area (TPSA) is 77.0 Å². The van der Waals surface area contributed by atoms with Crippen molar-refractivity contribution in [2.45, 2.75) is 45.6 Å². The van der Waals surface area contributed by atoms with Crippen molar-refractivity contribution in [3.8, 4) is 5.75 Å². The summed E-state index contributed by atoms with van der Waals surface area (Å²) in [5.74, 6) is 1.34. The largest absolute Gasteiger partial charge is 0.508 e. The van der Waals surface area contributed by atoms with Gasteiger partial charge in [0.05, 0.1) is 0 Å². The highest BCUT2D eigenvalue weighted by molar-refractivity contribution is 14.0. The molecule has 6 nitrogen and oxygen atoms in total. The molecule has 26 heavy (non-hydrogen) atoms. The summed E-state index contributed by atoms with van der Waals surface area (Å²) in [4.78, 5) is 18.3. The van der Waals surface area contributed by atoms with Crippen LogP contribution in [-0.2, 0) is 11.2 Å². The van der Waals surface area contributed by atoms with Gasteiger partial charge in [0, 0.05) is 38.6 Å². The predicted molar refractivity (Wildman–Crippen MR) is 116 cm³/mol. The number of amides is 1. The minimum atomic E-state index is 0. The number of phenolic OH excluding ortho intramolecular Hbond substituents is 1. The third-order valence-corrected chi connectivity index (χ3v) is 4.36. The first kappa shape index (κ1) is 22.5. The molecule has 1 unspecified atom stereocenters. The Hall–Kier alpha value is -1.51. The lowest BCUT2D eigenvalue weighted by Crippen LogP contribution is -2.45. The zero-order chi connectivity index (χ0) is 18.1. The molecule has 3 N–H and O–H groups in total. The zero-order valence-corrected chi connectivity index (χ0v) is 18.0. The van der Waals surface area contributed by atoms with Gasteiger partial charge in [0.1, 0.15) is 5.75 Å². The minimum absolute atomic E-state index is 0. The maximum Gasteiger partial charge on any atom is 0.222 e. The number of benzene rings is 1. The lowest BCUT2D eigenvalue weighted by atomic mass is 10.1. The number of aryl methyl sites for hydroxylation is 1. The lowest BCUT2D eigenvalue weighted by Gasteiger charge is -2.18. The van der Waals surface area contributed by atoms with Gasteiger partial charge in [-0.05, 0) is 43.9 Å². The highest BCUT2D eigenvalue weighted by Gasteiger charge is 2.25. The Balaban J connectivity index is 0.00000338. The van der Waals surface area contributed by atoms with Gasteiger partial charge in [-0.25, -0.2) is 0 Å². The number of nitrogens with one attached hydrogen (secondary N) is 2. The molecule has 1 fully saturated rings. The van der Waals surface area contributed by atoms with E-state index >= 15 is 0 Å². The fraction of sp³-hybridized carbons (Fsp3) is 0.579. The van der Waals surface area contributed by atoms with Crippen LogP contribution in [-0.4, -0.2) is 54.1 Å².